The van der Waals surface area contributed by atoms with Crippen LogP contribution in [-0.2, 0) is 9.53 Å². The standard InChI is InChI=1S/C16H19N3O3S/c1-11-4-2-5-12(8-11)15-18-19-16(22-15)23-10-14(20)17-9-13-6-3-7-21-13/h2,4-5,8,13H,3,6-7,9-10H2,1H3,(H,17,20)/t13-/m0/s1. The van der Waals surface area contributed by atoms with Crippen molar-refractivity contribution in [3.8, 4) is 11.5 Å². The number of nitrogens with zero attached hydrogens (tertiary/aromatic N) is 2. The van der Waals surface area contributed by atoms with Crippen LogP contribution in [0.2, 0.25) is 0 Å². The molecule has 6 nitrogen and oxygen atoms in total. The summed E-state index contributed by atoms with van der Waals surface area (Å²) >= 11 is 1.24. The third-order valence-corrected chi connectivity index (χ3v) is 4.37. The Labute approximate surface area is 139 Å². The predicted molar refractivity (Wildman–Crippen MR) is 87.2 cm³/mol. The lowest BCUT2D eigenvalue weighted by Gasteiger charge is -2.09. The normalized spacial score (nSPS) is 17.3. The molecule has 0 aliphatic carbocycles. The van der Waals surface area contributed by atoms with Crippen molar-refractivity contribution in [2.75, 3.05) is 18.9 Å². The van der Waals surface area contributed by atoms with E-state index in [4.69, 9.17) is 9.15 Å². The molecular weight excluding hydrogens is 314 g/mol. The lowest BCUT2D eigenvalue weighted by Crippen LogP contribution is -2.32. The number of ether oxygens (including phenoxy) is 1. The van der Waals surface area contributed by atoms with Gasteiger partial charge in [-0.1, -0.05) is 29.5 Å². The topological polar surface area (TPSA) is 77.2 Å². The van der Waals surface area contributed by atoms with Crippen LogP contribution in [-0.4, -0.2) is 41.1 Å². The average molecular weight is 333 g/mol. The average Bonchev–Trinajstić information content (AvgIpc) is 3.22. The Kier molecular flexibility index (Phi) is 5.30. The van der Waals surface area contributed by atoms with Crippen molar-refractivity contribution in [2.24, 2.45) is 0 Å². The van der Waals surface area contributed by atoms with Crippen molar-refractivity contribution < 1.29 is 13.9 Å². The maximum atomic E-state index is 11.8. The molecule has 2 aromatic rings. The summed E-state index contributed by atoms with van der Waals surface area (Å²) in [5.74, 6) is 0.666. The van der Waals surface area contributed by atoms with E-state index in [1.165, 1.54) is 11.8 Å². The van der Waals surface area contributed by atoms with Gasteiger partial charge in [-0.2, -0.15) is 0 Å². The summed E-state index contributed by atoms with van der Waals surface area (Å²) < 4.78 is 11.1. The molecule has 3 rings (SSSR count). The van der Waals surface area contributed by atoms with E-state index in [1.54, 1.807) is 0 Å². The molecule has 2 heterocycles. The van der Waals surface area contributed by atoms with Gasteiger partial charge < -0.3 is 14.5 Å². The molecular formula is C16H19N3O3S. The van der Waals surface area contributed by atoms with Crippen LogP contribution >= 0.6 is 11.8 Å². The van der Waals surface area contributed by atoms with Gasteiger partial charge >= 0.3 is 0 Å². The first-order valence-corrected chi connectivity index (χ1v) is 8.61. The molecule has 1 aromatic heterocycles. The highest BCUT2D eigenvalue weighted by atomic mass is 32.2. The van der Waals surface area contributed by atoms with Crippen LogP contribution in [0.4, 0.5) is 0 Å². The van der Waals surface area contributed by atoms with E-state index in [-0.39, 0.29) is 17.8 Å². The Hall–Kier alpha value is -1.86. The van der Waals surface area contributed by atoms with Crippen molar-refractivity contribution in [1.29, 1.82) is 0 Å². The number of rotatable bonds is 6. The van der Waals surface area contributed by atoms with E-state index in [2.05, 4.69) is 15.5 Å². The van der Waals surface area contributed by atoms with E-state index >= 15 is 0 Å². The largest absolute Gasteiger partial charge is 0.411 e. The maximum Gasteiger partial charge on any atom is 0.277 e. The minimum atomic E-state index is -0.0548. The molecule has 23 heavy (non-hydrogen) atoms. The monoisotopic (exact) mass is 333 g/mol. The summed E-state index contributed by atoms with van der Waals surface area (Å²) in [6.45, 7) is 3.37. The molecule has 0 radical (unpaired) electrons. The molecule has 0 spiro atoms. The van der Waals surface area contributed by atoms with Crippen LogP contribution in [0.15, 0.2) is 33.9 Å². The van der Waals surface area contributed by atoms with Gasteiger partial charge in [0, 0.05) is 18.7 Å². The highest BCUT2D eigenvalue weighted by molar-refractivity contribution is 7.99. The highest BCUT2D eigenvalue weighted by Crippen LogP contribution is 2.23. The predicted octanol–water partition coefficient (Wildman–Crippen LogP) is 2.43. The Balaban J connectivity index is 1.48. The third-order valence-electron chi connectivity index (χ3n) is 3.55. The molecule has 1 aliphatic heterocycles. The lowest BCUT2D eigenvalue weighted by atomic mass is 10.1. The maximum absolute atomic E-state index is 11.8. The molecule has 7 heteroatoms. The number of benzene rings is 1. The van der Waals surface area contributed by atoms with E-state index in [0.29, 0.717) is 17.7 Å². The van der Waals surface area contributed by atoms with Gasteiger partial charge in [-0.25, -0.2) is 0 Å². The summed E-state index contributed by atoms with van der Waals surface area (Å²) in [5.41, 5.74) is 2.01. The number of hydrogen-bond acceptors (Lipinski definition) is 6. The SMILES string of the molecule is Cc1cccc(-c2nnc(SCC(=O)NC[C@@H]3CCCO3)o2)c1. The van der Waals surface area contributed by atoms with Gasteiger partial charge in [-0.05, 0) is 31.9 Å². The van der Waals surface area contributed by atoms with Crippen LogP contribution < -0.4 is 5.32 Å². The van der Waals surface area contributed by atoms with E-state index in [1.807, 2.05) is 31.2 Å². The van der Waals surface area contributed by atoms with Crippen molar-refractivity contribution in [2.45, 2.75) is 31.1 Å². The fraction of sp³-hybridized carbons (Fsp3) is 0.438. The number of amides is 1. The van der Waals surface area contributed by atoms with Gasteiger partial charge in [0.15, 0.2) is 0 Å². The lowest BCUT2D eigenvalue weighted by molar-refractivity contribution is -0.119. The molecule has 1 amide bonds. The van der Waals surface area contributed by atoms with Crippen LogP contribution in [0.1, 0.15) is 18.4 Å². The Morgan fingerprint density at radius 2 is 2.35 bits per heavy atom. The zero-order chi connectivity index (χ0) is 16.1. The number of thioether (sulfide) groups is 1. The zero-order valence-electron chi connectivity index (χ0n) is 12.9. The first-order chi connectivity index (χ1) is 11.2. The van der Waals surface area contributed by atoms with Gasteiger partial charge in [0.25, 0.3) is 5.22 Å². The van der Waals surface area contributed by atoms with Crippen molar-refractivity contribution in [1.82, 2.24) is 15.5 Å². The number of carbonyl (C=O) groups excluding carboxylic acids is 1. The smallest absolute Gasteiger partial charge is 0.277 e. The molecule has 1 N–H and O–H groups in total. The molecule has 0 unspecified atom stereocenters. The second-order valence-electron chi connectivity index (χ2n) is 5.47. The summed E-state index contributed by atoms with van der Waals surface area (Å²) in [6.07, 6.45) is 2.23. The molecule has 1 saturated heterocycles. The number of nitrogens with one attached hydrogen (secondary N) is 1. The van der Waals surface area contributed by atoms with Crippen LogP contribution in [0.25, 0.3) is 11.5 Å². The van der Waals surface area contributed by atoms with E-state index in [0.717, 1.165) is 30.6 Å². The first kappa shape index (κ1) is 16.0. The molecule has 1 fully saturated rings. The Bertz CT molecular complexity index is 668. The number of aryl methyl sites for hydroxylation is 1. The summed E-state index contributed by atoms with van der Waals surface area (Å²) in [5, 5.41) is 11.3. The van der Waals surface area contributed by atoms with Crippen LogP contribution in [0.5, 0.6) is 0 Å². The molecule has 122 valence electrons. The second kappa shape index (κ2) is 7.61. The van der Waals surface area contributed by atoms with Gasteiger partial charge in [-0.3, -0.25) is 4.79 Å². The second-order valence-corrected chi connectivity index (χ2v) is 6.40. The first-order valence-electron chi connectivity index (χ1n) is 7.62. The van der Waals surface area contributed by atoms with Gasteiger partial charge in [-0.15, -0.1) is 10.2 Å². The molecule has 0 bridgehead atoms. The number of aromatic nitrogens is 2. The van der Waals surface area contributed by atoms with Gasteiger partial charge in [0.05, 0.1) is 11.9 Å². The molecule has 1 aromatic carbocycles. The number of hydrogen-bond donors (Lipinski definition) is 1. The van der Waals surface area contributed by atoms with Crippen molar-refractivity contribution in [3.63, 3.8) is 0 Å². The number of carbonyl (C=O) groups is 1. The summed E-state index contributed by atoms with van der Waals surface area (Å²) in [6, 6.07) is 7.85. The zero-order valence-corrected chi connectivity index (χ0v) is 13.8. The minimum Gasteiger partial charge on any atom is -0.411 e. The molecule has 0 saturated carbocycles. The summed E-state index contributed by atoms with van der Waals surface area (Å²) in [4.78, 5) is 11.8. The third kappa shape index (κ3) is 4.56. The quantitative estimate of drug-likeness (QED) is 0.818. The minimum absolute atomic E-state index is 0.0548. The van der Waals surface area contributed by atoms with Crippen LogP contribution in [0, 0.1) is 6.92 Å². The van der Waals surface area contributed by atoms with Crippen LogP contribution in [0.3, 0.4) is 0 Å². The fourth-order valence-electron chi connectivity index (χ4n) is 2.37. The van der Waals surface area contributed by atoms with Crippen molar-refractivity contribution in [3.05, 3.63) is 29.8 Å². The van der Waals surface area contributed by atoms with Crippen molar-refractivity contribution >= 4 is 17.7 Å². The van der Waals surface area contributed by atoms with E-state index in [9.17, 15) is 4.79 Å². The molecule has 1 atom stereocenters. The Morgan fingerprint density at radius 1 is 1.43 bits per heavy atom. The highest BCUT2D eigenvalue weighted by Gasteiger charge is 2.17. The Morgan fingerprint density at radius 3 is 3.13 bits per heavy atom. The van der Waals surface area contributed by atoms with Gasteiger partial charge in [0.2, 0.25) is 11.8 Å². The van der Waals surface area contributed by atoms with E-state index < -0.39 is 0 Å². The molecule has 1 aliphatic rings. The summed E-state index contributed by atoms with van der Waals surface area (Å²) in [7, 11) is 0. The van der Waals surface area contributed by atoms with Gasteiger partial charge in [0.1, 0.15) is 0 Å². The fourth-order valence-corrected chi connectivity index (χ4v) is 2.97.